The van der Waals surface area contributed by atoms with Gasteiger partial charge in [-0.1, -0.05) is 12.2 Å². The van der Waals surface area contributed by atoms with Gasteiger partial charge in [-0.3, -0.25) is 4.79 Å². The lowest BCUT2D eigenvalue weighted by molar-refractivity contribution is -0.136. The van der Waals surface area contributed by atoms with Crippen molar-refractivity contribution in [1.29, 1.82) is 0 Å². The molecule has 1 heterocycles. The monoisotopic (exact) mass is 208 g/mol. The second-order valence-electron chi connectivity index (χ2n) is 4.57. The maximum Gasteiger partial charge on any atom is 0.226 e. The van der Waals surface area contributed by atoms with E-state index in [1.54, 1.807) is 0 Å². The molecule has 1 aliphatic heterocycles. The van der Waals surface area contributed by atoms with Gasteiger partial charge in [-0.15, -0.1) is 0 Å². The van der Waals surface area contributed by atoms with Gasteiger partial charge in [0, 0.05) is 19.0 Å². The highest BCUT2D eigenvalue weighted by molar-refractivity contribution is 5.79. The average molecular weight is 208 g/mol. The van der Waals surface area contributed by atoms with Crippen LogP contribution in [0.25, 0.3) is 0 Å². The van der Waals surface area contributed by atoms with Crippen LogP contribution in [0, 0.1) is 5.92 Å². The van der Waals surface area contributed by atoms with Crippen LogP contribution < -0.4 is 5.32 Å². The SMILES string of the molecule is CN(C(=O)C1CC=CC1)C1CCNCC1. The molecule has 0 atom stereocenters. The Morgan fingerprint density at radius 3 is 2.47 bits per heavy atom. The minimum Gasteiger partial charge on any atom is -0.342 e. The van der Waals surface area contributed by atoms with Crippen molar-refractivity contribution in [2.75, 3.05) is 20.1 Å². The van der Waals surface area contributed by atoms with Gasteiger partial charge in [-0.05, 0) is 38.8 Å². The quantitative estimate of drug-likeness (QED) is 0.691. The molecule has 0 aromatic heterocycles. The molecule has 0 spiro atoms. The molecule has 2 rings (SSSR count). The van der Waals surface area contributed by atoms with Crippen LogP contribution in [0.4, 0.5) is 0 Å². The number of amides is 1. The van der Waals surface area contributed by atoms with Crippen molar-refractivity contribution in [3.63, 3.8) is 0 Å². The lowest BCUT2D eigenvalue weighted by atomic mass is 10.0. The van der Waals surface area contributed by atoms with Gasteiger partial charge in [-0.25, -0.2) is 0 Å². The van der Waals surface area contributed by atoms with Gasteiger partial charge in [0.1, 0.15) is 0 Å². The van der Waals surface area contributed by atoms with Crippen molar-refractivity contribution in [2.24, 2.45) is 5.92 Å². The molecule has 15 heavy (non-hydrogen) atoms. The normalized spacial score (nSPS) is 23.3. The zero-order chi connectivity index (χ0) is 10.7. The first-order chi connectivity index (χ1) is 7.29. The molecule has 84 valence electrons. The highest BCUT2D eigenvalue weighted by atomic mass is 16.2. The molecule has 1 aliphatic carbocycles. The van der Waals surface area contributed by atoms with Gasteiger partial charge >= 0.3 is 0 Å². The maximum atomic E-state index is 12.1. The average Bonchev–Trinajstić information content (AvgIpc) is 2.82. The van der Waals surface area contributed by atoms with E-state index in [1.165, 1.54) is 0 Å². The van der Waals surface area contributed by atoms with Crippen molar-refractivity contribution >= 4 is 5.91 Å². The third-order valence-corrected chi connectivity index (χ3v) is 3.56. The number of piperidine rings is 1. The number of hydrogen-bond donors (Lipinski definition) is 1. The molecule has 1 N–H and O–H groups in total. The maximum absolute atomic E-state index is 12.1. The van der Waals surface area contributed by atoms with Gasteiger partial charge in [0.2, 0.25) is 5.91 Å². The summed E-state index contributed by atoms with van der Waals surface area (Å²) in [5.41, 5.74) is 0. The first kappa shape index (κ1) is 10.7. The molecule has 3 nitrogen and oxygen atoms in total. The molecule has 0 saturated carbocycles. The van der Waals surface area contributed by atoms with E-state index >= 15 is 0 Å². The first-order valence-electron chi connectivity index (χ1n) is 5.91. The Morgan fingerprint density at radius 1 is 1.27 bits per heavy atom. The number of nitrogens with zero attached hydrogens (tertiary/aromatic N) is 1. The van der Waals surface area contributed by atoms with E-state index in [4.69, 9.17) is 0 Å². The molecule has 1 amide bonds. The summed E-state index contributed by atoms with van der Waals surface area (Å²) in [4.78, 5) is 14.1. The number of nitrogens with one attached hydrogen (secondary N) is 1. The van der Waals surface area contributed by atoms with Crippen LogP contribution in [0.5, 0.6) is 0 Å². The summed E-state index contributed by atoms with van der Waals surface area (Å²) in [6.45, 7) is 2.09. The Hall–Kier alpha value is -0.830. The fraction of sp³-hybridized carbons (Fsp3) is 0.750. The highest BCUT2D eigenvalue weighted by Crippen LogP contribution is 2.22. The van der Waals surface area contributed by atoms with Gasteiger partial charge in [0.05, 0.1) is 0 Å². The Morgan fingerprint density at radius 2 is 1.87 bits per heavy atom. The summed E-state index contributed by atoms with van der Waals surface area (Å²) in [6, 6.07) is 0.458. The predicted octanol–water partition coefficient (Wildman–Crippen LogP) is 1.16. The molecule has 3 heteroatoms. The topological polar surface area (TPSA) is 32.3 Å². The summed E-state index contributed by atoms with van der Waals surface area (Å²) in [7, 11) is 1.97. The van der Waals surface area contributed by atoms with Crippen LogP contribution in [-0.4, -0.2) is 37.0 Å². The molecule has 0 bridgehead atoms. The zero-order valence-corrected chi connectivity index (χ0v) is 9.41. The van der Waals surface area contributed by atoms with Crippen LogP contribution in [-0.2, 0) is 4.79 Å². The van der Waals surface area contributed by atoms with Crippen LogP contribution in [0.3, 0.4) is 0 Å². The van der Waals surface area contributed by atoms with Gasteiger partial charge in [-0.2, -0.15) is 0 Å². The standard InChI is InChI=1S/C12H20N2O/c1-14(11-6-8-13-9-7-11)12(15)10-4-2-3-5-10/h2-3,10-11,13H,4-9H2,1H3. The summed E-state index contributed by atoms with van der Waals surface area (Å²) < 4.78 is 0. The van der Waals surface area contributed by atoms with Crippen molar-refractivity contribution in [3.05, 3.63) is 12.2 Å². The van der Waals surface area contributed by atoms with E-state index in [9.17, 15) is 4.79 Å². The van der Waals surface area contributed by atoms with E-state index < -0.39 is 0 Å². The molecular formula is C12H20N2O. The van der Waals surface area contributed by atoms with Crippen LogP contribution in [0.1, 0.15) is 25.7 Å². The number of hydrogen-bond acceptors (Lipinski definition) is 2. The summed E-state index contributed by atoms with van der Waals surface area (Å²) >= 11 is 0. The zero-order valence-electron chi connectivity index (χ0n) is 9.41. The van der Waals surface area contributed by atoms with Crippen LogP contribution >= 0.6 is 0 Å². The smallest absolute Gasteiger partial charge is 0.226 e. The van der Waals surface area contributed by atoms with Gasteiger partial charge < -0.3 is 10.2 Å². The van der Waals surface area contributed by atoms with Crippen LogP contribution in [0.2, 0.25) is 0 Å². The number of allylic oxidation sites excluding steroid dienone is 2. The fourth-order valence-electron chi connectivity index (χ4n) is 2.48. The van der Waals surface area contributed by atoms with E-state index in [0.29, 0.717) is 11.9 Å². The Balaban J connectivity index is 1.88. The molecular weight excluding hydrogens is 188 g/mol. The Bertz CT molecular complexity index is 248. The van der Waals surface area contributed by atoms with E-state index in [2.05, 4.69) is 17.5 Å². The fourth-order valence-corrected chi connectivity index (χ4v) is 2.48. The Labute approximate surface area is 91.5 Å². The summed E-state index contributed by atoms with van der Waals surface area (Å²) in [6.07, 6.45) is 8.32. The van der Waals surface area contributed by atoms with Crippen molar-refractivity contribution < 1.29 is 4.79 Å². The third kappa shape index (κ3) is 2.40. The van der Waals surface area contributed by atoms with Crippen molar-refractivity contribution in [2.45, 2.75) is 31.7 Å². The first-order valence-corrected chi connectivity index (χ1v) is 5.91. The van der Waals surface area contributed by atoms with Crippen LogP contribution in [0.15, 0.2) is 12.2 Å². The predicted molar refractivity (Wildman–Crippen MR) is 60.5 cm³/mol. The largest absolute Gasteiger partial charge is 0.342 e. The number of carbonyl (C=O) groups is 1. The second kappa shape index (κ2) is 4.79. The highest BCUT2D eigenvalue weighted by Gasteiger charge is 2.27. The lowest BCUT2D eigenvalue weighted by Gasteiger charge is -2.33. The second-order valence-corrected chi connectivity index (χ2v) is 4.57. The molecule has 2 aliphatic rings. The molecule has 0 radical (unpaired) electrons. The van der Waals surface area contributed by atoms with Crippen molar-refractivity contribution in [3.8, 4) is 0 Å². The number of rotatable bonds is 2. The summed E-state index contributed by atoms with van der Waals surface area (Å²) in [5.74, 6) is 0.566. The third-order valence-electron chi connectivity index (χ3n) is 3.56. The van der Waals surface area contributed by atoms with Crippen molar-refractivity contribution in [1.82, 2.24) is 10.2 Å². The van der Waals surface area contributed by atoms with E-state index in [1.807, 2.05) is 11.9 Å². The molecule has 0 aromatic rings. The lowest BCUT2D eigenvalue weighted by Crippen LogP contribution is -2.45. The minimum absolute atomic E-state index is 0.227. The number of carbonyl (C=O) groups excluding carboxylic acids is 1. The van der Waals surface area contributed by atoms with Gasteiger partial charge in [0.15, 0.2) is 0 Å². The van der Waals surface area contributed by atoms with E-state index in [0.717, 1.165) is 38.8 Å². The van der Waals surface area contributed by atoms with Gasteiger partial charge in [0.25, 0.3) is 0 Å². The molecule has 1 saturated heterocycles. The minimum atomic E-state index is 0.227. The Kier molecular flexibility index (Phi) is 3.41. The molecule has 0 aromatic carbocycles. The molecule has 1 fully saturated rings. The summed E-state index contributed by atoms with van der Waals surface area (Å²) in [5, 5.41) is 3.33. The van der Waals surface area contributed by atoms with E-state index in [-0.39, 0.29) is 5.92 Å². The molecule has 0 unspecified atom stereocenters.